The summed E-state index contributed by atoms with van der Waals surface area (Å²) in [6.07, 6.45) is 5.27. The van der Waals surface area contributed by atoms with E-state index in [4.69, 9.17) is 5.73 Å². The van der Waals surface area contributed by atoms with E-state index in [2.05, 4.69) is 13.8 Å². The van der Waals surface area contributed by atoms with Gasteiger partial charge < -0.3 is 5.73 Å². The number of carbonyl (C=O) groups excluding carboxylic acids is 1. The van der Waals surface area contributed by atoms with E-state index in [9.17, 15) is 4.79 Å². The van der Waals surface area contributed by atoms with Crippen LogP contribution in [0.2, 0.25) is 0 Å². The number of hydrogen-bond donors (Lipinski definition) is 1. The first-order chi connectivity index (χ1) is 6.09. The van der Waals surface area contributed by atoms with Gasteiger partial charge in [0.25, 0.3) is 0 Å². The molecular formula is C11H21NO. The molecule has 0 bridgehead atoms. The topological polar surface area (TPSA) is 43.1 Å². The number of ketones is 1. The molecule has 76 valence electrons. The van der Waals surface area contributed by atoms with E-state index < -0.39 is 0 Å². The van der Waals surface area contributed by atoms with E-state index >= 15 is 0 Å². The SMILES string of the molecule is CC(C)CC(N)C(=O)CCC1CC1. The summed E-state index contributed by atoms with van der Waals surface area (Å²) in [4.78, 5) is 11.5. The van der Waals surface area contributed by atoms with Crippen LogP contribution in [0.1, 0.15) is 46.0 Å². The highest BCUT2D eigenvalue weighted by Crippen LogP contribution is 2.33. The standard InChI is InChI=1S/C11H21NO/c1-8(2)7-10(12)11(13)6-5-9-3-4-9/h8-10H,3-7,12H2,1-2H3. The lowest BCUT2D eigenvalue weighted by molar-refractivity contribution is -0.120. The van der Waals surface area contributed by atoms with Crippen molar-refractivity contribution in [2.75, 3.05) is 0 Å². The molecule has 1 unspecified atom stereocenters. The highest BCUT2D eigenvalue weighted by atomic mass is 16.1. The van der Waals surface area contributed by atoms with Crippen LogP contribution in [0.5, 0.6) is 0 Å². The average molecular weight is 183 g/mol. The molecular weight excluding hydrogens is 162 g/mol. The first-order valence-corrected chi connectivity index (χ1v) is 5.38. The summed E-state index contributed by atoms with van der Waals surface area (Å²) in [5.41, 5.74) is 5.78. The molecule has 0 aliphatic heterocycles. The summed E-state index contributed by atoms with van der Waals surface area (Å²) in [7, 11) is 0. The molecule has 0 heterocycles. The van der Waals surface area contributed by atoms with Gasteiger partial charge >= 0.3 is 0 Å². The molecule has 13 heavy (non-hydrogen) atoms. The largest absolute Gasteiger partial charge is 0.322 e. The lowest BCUT2D eigenvalue weighted by Gasteiger charge is -2.12. The van der Waals surface area contributed by atoms with Crippen LogP contribution in [0, 0.1) is 11.8 Å². The Bertz CT molecular complexity index is 173. The molecule has 0 aromatic heterocycles. The van der Waals surface area contributed by atoms with Crippen LogP contribution in [0.3, 0.4) is 0 Å². The van der Waals surface area contributed by atoms with Gasteiger partial charge in [-0.1, -0.05) is 26.7 Å². The Kier molecular flexibility index (Phi) is 3.91. The Morgan fingerprint density at radius 1 is 1.46 bits per heavy atom. The van der Waals surface area contributed by atoms with Crippen LogP contribution in [-0.2, 0) is 4.79 Å². The predicted molar refractivity (Wildman–Crippen MR) is 54.4 cm³/mol. The molecule has 0 amide bonds. The van der Waals surface area contributed by atoms with Crippen molar-refractivity contribution in [2.24, 2.45) is 17.6 Å². The van der Waals surface area contributed by atoms with Crippen LogP contribution in [0.4, 0.5) is 0 Å². The highest BCUT2D eigenvalue weighted by Gasteiger charge is 2.23. The first kappa shape index (κ1) is 10.7. The lowest BCUT2D eigenvalue weighted by Crippen LogP contribution is -2.31. The number of rotatable bonds is 6. The van der Waals surface area contributed by atoms with Crippen LogP contribution in [-0.4, -0.2) is 11.8 Å². The third-order valence-corrected chi connectivity index (χ3v) is 2.63. The van der Waals surface area contributed by atoms with Gasteiger partial charge in [0.2, 0.25) is 0 Å². The molecule has 0 aromatic carbocycles. The normalized spacial score (nSPS) is 19.1. The Labute approximate surface area is 80.9 Å². The minimum Gasteiger partial charge on any atom is -0.322 e. The molecule has 1 aliphatic carbocycles. The minimum atomic E-state index is -0.209. The summed E-state index contributed by atoms with van der Waals surface area (Å²) in [6.45, 7) is 4.21. The van der Waals surface area contributed by atoms with Gasteiger partial charge in [0.1, 0.15) is 5.78 Å². The number of Topliss-reactive ketones (excluding diaryl/α,β-unsaturated/α-hetero) is 1. The molecule has 2 heteroatoms. The van der Waals surface area contributed by atoms with E-state index in [-0.39, 0.29) is 11.8 Å². The maximum Gasteiger partial charge on any atom is 0.149 e. The number of hydrogen-bond acceptors (Lipinski definition) is 2. The summed E-state index contributed by atoms with van der Waals surface area (Å²) >= 11 is 0. The second-order valence-corrected chi connectivity index (χ2v) is 4.68. The third-order valence-electron chi connectivity index (χ3n) is 2.63. The van der Waals surface area contributed by atoms with Crippen molar-refractivity contribution in [2.45, 2.75) is 52.0 Å². The van der Waals surface area contributed by atoms with Crippen molar-refractivity contribution < 1.29 is 4.79 Å². The molecule has 2 N–H and O–H groups in total. The smallest absolute Gasteiger partial charge is 0.149 e. The van der Waals surface area contributed by atoms with Gasteiger partial charge in [-0.15, -0.1) is 0 Å². The van der Waals surface area contributed by atoms with Crippen LogP contribution >= 0.6 is 0 Å². The molecule has 1 fully saturated rings. The zero-order valence-electron chi connectivity index (χ0n) is 8.75. The van der Waals surface area contributed by atoms with E-state index in [1.54, 1.807) is 0 Å². The van der Waals surface area contributed by atoms with E-state index in [1.165, 1.54) is 12.8 Å². The minimum absolute atomic E-state index is 0.209. The Hall–Kier alpha value is -0.370. The van der Waals surface area contributed by atoms with Crippen molar-refractivity contribution in [1.29, 1.82) is 0 Å². The first-order valence-electron chi connectivity index (χ1n) is 5.38. The van der Waals surface area contributed by atoms with E-state index in [0.29, 0.717) is 12.3 Å². The number of nitrogens with two attached hydrogens (primary N) is 1. The Morgan fingerprint density at radius 3 is 2.54 bits per heavy atom. The van der Waals surface area contributed by atoms with Crippen LogP contribution in [0.15, 0.2) is 0 Å². The Morgan fingerprint density at radius 2 is 2.08 bits per heavy atom. The fourth-order valence-electron chi connectivity index (χ4n) is 1.58. The third kappa shape index (κ3) is 4.41. The van der Waals surface area contributed by atoms with Gasteiger partial charge in [-0.2, -0.15) is 0 Å². The molecule has 2 nitrogen and oxygen atoms in total. The molecule has 0 saturated heterocycles. The summed E-state index contributed by atoms with van der Waals surface area (Å²) in [5, 5.41) is 0. The fraction of sp³-hybridized carbons (Fsp3) is 0.909. The maximum atomic E-state index is 11.5. The highest BCUT2D eigenvalue weighted by molar-refractivity contribution is 5.83. The zero-order chi connectivity index (χ0) is 9.84. The Balaban J connectivity index is 2.12. The zero-order valence-corrected chi connectivity index (χ0v) is 8.75. The molecule has 0 aromatic rings. The molecule has 1 aliphatic rings. The van der Waals surface area contributed by atoms with Gasteiger partial charge in [0, 0.05) is 6.42 Å². The van der Waals surface area contributed by atoms with Crippen molar-refractivity contribution in [3.05, 3.63) is 0 Å². The maximum absolute atomic E-state index is 11.5. The van der Waals surface area contributed by atoms with Crippen molar-refractivity contribution in [3.8, 4) is 0 Å². The van der Waals surface area contributed by atoms with Gasteiger partial charge in [0.15, 0.2) is 0 Å². The summed E-state index contributed by atoms with van der Waals surface area (Å²) in [5.74, 6) is 1.63. The van der Waals surface area contributed by atoms with Gasteiger partial charge in [-0.3, -0.25) is 4.79 Å². The lowest BCUT2D eigenvalue weighted by atomic mass is 9.98. The van der Waals surface area contributed by atoms with Gasteiger partial charge in [-0.05, 0) is 24.7 Å². The second kappa shape index (κ2) is 4.75. The molecule has 1 saturated carbocycles. The van der Waals surface area contributed by atoms with Crippen molar-refractivity contribution >= 4 is 5.78 Å². The van der Waals surface area contributed by atoms with Gasteiger partial charge in [-0.25, -0.2) is 0 Å². The molecule has 0 spiro atoms. The quantitative estimate of drug-likeness (QED) is 0.685. The monoisotopic (exact) mass is 183 g/mol. The number of carbonyl (C=O) groups is 1. The van der Waals surface area contributed by atoms with E-state index in [1.807, 2.05) is 0 Å². The average Bonchev–Trinajstić information content (AvgIpc) is 2.81. The fourth-order valence-corrected chi connectivity index (χ4v) is 1.58. The summed E-state index contributed by atoms with van der Waals surface area (Å²) in [6, 6.07) is -0.209. The summed E-state index contributed by atoms with van der Waals surface area (Å²) < 4.78 is 0. The van der Waals surface area contributed by atoms with Crippen LogP contribution in [0.25, 0.3) is 0 Å². The van der Waals surface area contributed by atoms with Crippen molar-refractivity contribution in [1.82, 2.24) is 0 Å². The predicted octanol–water partition coefficient (Wildman–Crippen LogP) is 2.12. The second-order valence-electron chi connectivity index (χ2n) is 4.68. The van der Waals surface area contributed by atoms with Crippen LogP contribution < -0.4 is 5.73 Å². The molecule has 0 radical (unpaired) electrons. The van der Waals surface area contributed by atoms with E-state index in [0.717, 1.165) is 18.8 Å². The van der Waals surface area contributed by atoms with Crippen molar-refractivity contribution in [3.63, 3.8) is 0 Å². The molecule has 1 atom stereocenters. The molecule has 1 rings (SSSR count). The van der Waals surface area contributed by atoms with Gasteiger partial charge in [0.05, 0.1) is 6.04 Å².